The molecule has 56 heavy (non-hydrogen) atoms. The fraction of sp³-hybridized carbons (Fsp3) is 0.809. The van der Waals surface area contributed by atoms with Gasteiger partial charge in [-0.1, -0.05) is 172 Å². The van der Waals surface area contributed by atoms with Crippen LogP contribution in [0.5, 0.6) is 0 Å². The summed E-state index contributed by atoms with van der Waals surface area (Å²) in [5.74, 6) is -0.193. The maximum atomic E-state index is 12.9. The number of hydrogen-bond donors (Lipinski definition) is 6. The molecule has 9 nitrogen and oxygen atoms in total. The Labute approximate surface area is 342 Å². The van der Waals surface area contributed by atoms with E-state index in [2.05, 4.69) is 55.6 Å². The van der Waals surface area contributed by atoms with Gasteiger partial charge in [-0.05, 0) is 57.8 Å². The first-order valence-corrected chi connectivity index (χ1v) is 22.9. The minimum atomic E-state index is -1.57. The standard InChI is InChI=1S/C47H85NO8/c1-3-5-7-9-11-13-15-17-19-20-21-22-23-25-27-29-31-33-35-37-43(51)48-40(39-55-47-46(54)45(53)44(52)42(38-49)56-47)41(50)36-34-32-30-28-26-24-18-16-14-12-10-8-6-4-2/h11,13,15,17,26,28,34,36,40-42,44-47,49-50,52-54H,3-10,12,14,16,18-25,27,29-33,35,37-39H2,1-2H3,(H,48,51)/b13-11-,17-15-,28-26+,36-34+. The van der Waals surface area contributed by atoms with Crippen molar-refractivity contribution in [3.63, 3.8) is 0 Å². The fourth-order valence-corrected chi connectivity index (χ4v) is 6.93. The zero-order valence-corrected chi connectivity index (χ0v) is 35.6. The second-order valence-corrected chi connectivity index (χ2v) is 15.9. The molecule has 0 spiro atoms. The van der Waals surface area contributed by atoms with Crippen LogP contribution >= 0.6 is 0 Å². The lowest BCUT2D eigenvalue weighted by molar-refractivity contribution is -0.302. The third-order valence-electron chi connectivity index (χ3n) is 10.7. The van der Waals surface area contributed by atoms with Crippen LogP contribution in [0.1, 0.15) is 187 Å². The van der Waals surface area contributed by atoms with Crippen LogP contribution in [0.3, 0.4) is 0 Å². The van der Waals surface area contributed by atoms with Gasteiger partial charge in [0.15, 0.2) is 6.29 Å². The predicted octanol–water partition coefficient (Wildman–Crippen LogP) is 9.45. The van der Waals surface area contributed by atoms with Gasteiger partial charge in [0.2, 0.25) is 5.91 Å². The monoisotopic (exact) mass is 792 g/mol. The van der Waals surface area contributed by atoms with Gasteiger partial charge in [0.25, 0.3) is 0 Å². The Hall–Kier alpha value is -1.85. The molecule has 0 bridgehead atoms. The van der Waals surface area contributed by atoms with E-state index in [4.69, 9.17) is 9.47 Å². The average molecular weight is 792 g/mol. The SMILES string of the molecule is CCCCC/C=C\C=C/CCCCCCCCCCCCC(=O)NC(COC1OC(CO)C(O)C(O)C1O)C(O)/C=C/CC/C=C/CCCCCCCCCC. The number of allylic oxidation sites excluding steroid dienone is 7. The van der Waals surface area contributed by atoms with E-state index in [9.17, 15) is 30.3 Å². The molecule has 1 amide bonds. The van der Waals surface area contributed by atoms with Gasteiger partial charge >= 0.3 is 0 Å². The van der Waals surface area contributed by atoms with E-state index >= 15 is 0 Å². The van der Waals surface area contributed by atoms with Crippen LogP contribution in [0.25, 0.3) is 0 Å². The molecule has 1 saturated heterocycles. The van der Waals surface area contributed by atoms with Crippen molar-refractivity contribution in [1.82, 2.24) is 5.32 Å². The van der Waals surface area contributed by atoms with E-state index in [0.29, 0.717) is 6.42 Å². The summed E-state index contributed by atoms with van der Waals surface area (Å²) in [6.07, 6.45) is 40.1. The first-order valence-electron chi connectivity index (χ1n) is 22.9. The van der Waals surface area contributed by atoms with Crippen LogP contribution in [0.2, 0.25) is 0 Å². The summed E-state index contributed by atoms with van der Waals surface area (Å²) >= 11 is 0. The Morgan fingerprint density at radius 2 is 1.07 bits per heavy atom. The predicted molar refractivity (Wildman–Crippen MR) is 230 cm³/mol. The fourth-order valence-electron chi connectivity index (χ4n) is 6.93. The van der Waals surface area contributed by atoms with Gasteiger partial charge in [-0.2, -0.15) is 0 Å². The van der Waals surface area contributed by atoms with E-state index in [1.54, 1.807) is 6.08 Å². The zero-order valence-electron chi connectivity index (χ0n) is 35.6. The number of aliphatic hydroxyl groups is 5. The van der Waals surface area contributed by atoms with Gasteiger partial charge in [0.1, 0.15) is 24.4 Å². The van der Waals surface area contributed by atoms with Crippen molar-refractivity contribution in [1.29, 1.82) is 0 Å². The number of carbonyl (C=O) groups excluding carboxylic acids is 1. The lowest BCUT2D eigenvalue weighted by Crippen LogP contribution is -2.60. The molecular weight excluding hydrogens is 707 g/mol. The van der Waals surface area contributed by atoms with Crippen molar-refractivity contribution in [2.45, 2.75) is 230 Å². The van der Waals surface area contributed by atoms with Crippen LogP contribution in [-0.2, 0) is 14.3 Å². The highest BCUT2D eigenvalue weighted by atomic mass is 16.7. The van der Waals surface area contributed by atoms with Crippen molar-refractivity contribution < 1.29 is 39.8 Å². The number of nitrogens with one attached hydrogen (secondary N) is 1. The molecule has 7 unspecified atom stereocenters. The topological polar surface area (TPSA) is 149 Å². The third kappa shape index (κ3) is 27.7. The van der Waals surface area contributed by atoms with E-state index in [1.165, 1.54) is 122 Å². The van der Waals surface area contributed by atoms with E-state index in [1.807, 2.05) is 6.08 Å². The number of rotatable bonds is 37. The highest BCUT2D eigenvalue weighted by molar-refractivity contribution is 5.76. The summed E-state index contributed by atoms with van der Waals surface area (Å²) in [4.78, 5) is 12.9. The third-order valence-corrected chi connectivity index (χ3v) is 10.7. The number of ether oxygens (including phenoxy) is 2. The quantitative estimate of drug-likeness (QED) is 0.0207. The molecule has 0 saturated carbocycles. The van der Waals surface area contributed by atoms with Crippen molar-refractivity contribution in [2.24, 2.45) is 0 Å². The first kappa shape index (κ1) is 52.2. The molecule has 0 aliphatic carbocycles. The Morgan fingerprint density at radius 1 is 0.607 bits per heavy atom. The van der Waals surface area contributed by atoms with Crippen LogP contribution in [-0.4, -0.2) is 87.5 Å². The molecule has 0 aromatic heterocycles. The Balaban J connectivity index is 2.37. The van der Waals surface area contributed by atoms with E-state index < -0.39 is 49.5 Å². The smallest absolute Gasteiger partial charge is 0.220 e. The molecule has 326 valence electrons. The van der Waals surface area contributed by atoms with Gasteiger partial charge in [0.05, 0.1) is 25.4 Å². The second-order valence-electron chi connectivity index (χ2n) is 15.9. The molecule has 6 N–H and O–H groups in total. The summed E-state index contributed by atoms with van der Waals surface area (Å²) in [6, 6.07) is -0.822. The maximum Gasteiger partial charge on any atom is 0.220 e. The first-order chi connectivity index (χ1) is 27.3. The molecule has 1 heterocycles. The molecule has 0 radical (unpaired) electrons. The molecule has 0 aromatic carbocycles. The minimum absolute atomic E-state index is 0.193. The second kappa shape index (κ2) is 37.4. The van der Waals surface area contributed by atoms with Gasteiger partial charge in [0, 0.05) is 6.42 Å². The summed E-state index contributed by atoms with van der Waals surface area (Å²) < 4.78 is 11.2. The van der Waals surface area contributed by atoms with Crippen molar-refractivity contribution in [2.75, 3.05) is 13.2 Å². The molecule has 1 rings (SSSR count). The van der Waals surface area contributed by atoms with Crippen molar-refractivity contribution >= 4 is 5.91 Å². The summed E-state index contributed by atoms with van der Waals surface area (Å²) in [5, 5.41) is 54.1. The molecule has 9 heteroatoms. The number of aliphatic hydroxyl groups excluding tert-OH is 5. The number of unbranched alkanes of at least 4 members (excludes halogenated alkanes) is 22. The molecule has 0 aromatic rings. The molecule has 1 fully saturated rings. The van der Waals surface area contributed by atoms with E-state index in [0.717, 1.165) is 44.9 Å². The summed E-state index contributed by atoms with van der Waals surface area (Å²) in [5.41, 5.74) is 0. The Morgan fingerprint density at radius 3 is 1.64 bits per heavy atom. The van der Waals surface area contributed by atoms with Gasteiger partial charge in [-0.25, -0.2) is 0 Å². The Kier molecular flexibility index (Phi) is 34.9. The summed E-state index contributed by atoms with van der Waals surface area (Å²) in [6.45, 7) is 3.71. The van der Waals surface area contributed by atoms with Gasteiger partial charge in [-0.3, -0.25) is 4.79 Å². The lowest BCUT2D eigenvalue weighted by atomic mass is 9.99. The number of amides is 1. The summed E-state index contributed by atoms with van der Waals surface area (Å²) in [7, 11) is 0. The molecule has 1 aliphatic heterocycles. The largest absolute Gasteiger partial charge is 0.394 e. The molecule has 1 aliphatic rings. The highest BCUT2D eigenvalue weighted by Gasteiger charge is 2.44. The average Bonchev–Trinajstić information content (AvgIpc) is 3.20. The molecule has 7 atom stereocenters. The number of hydrogen-bond acceptors (Lipinski definition) is 8. The number of carbonyl (C=O) groups is 1. The normalized spacial score (nSPS) is 21.6. The maximum absolute atomic E-state index is 12.9. The van der Waals surface area contributed by atoms with Crippen LogP contribution in [0, 0.1) is 0 Å². The van der Waals surface area contributed by atoms with Crippen molar-refractivity contribution in [3.8, 4) is 0 Å². The van der Waals surface area contributed by atoms with Crippen LogP contribution < -0.4 is 5.32 Å². The zero-order chi connectivity index (χ0) is 40.9. The highest BCUT2D eigenvalue weighted by Crippen LogP contribution is 2.22. The Bertz CT molecular complexity index is 1010. The van der Waals surface area contributed by atoms with Crippen molar-refractivity contribution in [3.05, 3.63) is 48.6 Å². The molecular formula is C47H85NO8. The van der Waals surface area contributed by atoms with E-state index in [-0.39, 0.29) is 12.5 Å². The van der Waals surface area contributed by atoms with Crippen LogP contribution in [0.4, 0.5) is 0 Å². The van der Waals surface area contributed by atoms with Gasteiger partial charge < -0.3 is 40.3 Å². The van der Waals surface area contributed by atoms with Gasteiger partial charge in [-0.15, -0.1) is 0 Å². The van der Waals surface area contributed by atoms with Crippen LogP contribution in [0.15, 0.2) is 48.6 Å². The minimum Gasteiger partial charge on any atom is -0.394 e. The lowest BCUT2D eigenvalue weighted by Gasteiger charge is -2.40.